The maximum Gasteiger partial charge on any atom is 0.142 e. The maximum absolute atomic E-state index is 13.3. The zero-order valence-corrected chi connectivity index (χ0v) is 9.52. The molecule has 0 saturated carbocycles. The topological polar surface area (TPSA) is 12.0 Å². The second-order valence-corrected chi connectivity index (χ2v) is 4.72. The van der Waals surface area contributed by atoms with Crippen LogP contribution in [0.1, 0.15) is 31.4 Å². The van der Waals surface area contributed by atoms with Crippen LogP contribution >= 0.6 is 11.6 Å². The molecule has 0 aliphatic carbocycles. The van der Waals surface area contributed by atoms with E-state index in [0.717, 1.165) is 24.4 Å². The largest absolute Gasteiger partial charge is 0.310 e. The summed E-state index contributed by atoms with van der Waals surface area (Å²) < 4.78 is 13.3. The fraction of sp³-hybridized carbons (Fsp3) is 0.500. The van der Waals surface area contributed by atoms with Crippen molar-refractivity contribution in [2.75, 3.05) is 6.54 Å². The van der Waals surface area contributed by atoms with Crippen LogP contribution in [-0.4, -0.2) is 6.54 Å². The van der Waals surface area contributed by atoms with Gasteiger partial charge in [-0.25, -0.2) is 4.39 Å². The van der Waals surface area contributed by atoms with Gasteiger partial charge in [0.05, 0.1) is 5.02 Å². The monoisotopic (exact) mass is 227 g/mol. The summed E-state index contributed by atoms with van der Waals surface area (Å²) in [6, 6.07) is 5.36. The molecule has 2 rings (SSSR count). The molecule has 0 amide bonds. The quantitative estimate of drug-likeness (QED) is 0.774. The minimum absolute atomic E-state index is 0.197. The Labute approximate surface area is 94.6 Å². The molecule has 1 N–H and O–H groups in total. The summed E-state index contributed by atoms with van der Waals surface area (Å²) in [6.07, 6.45) is 2.27. The fourth-order valence-corrected chi connectivity index (χ4v) is 2.13. The van der Waals surface area contributed by atoms with Gasteiger partial charge in [0.2, 0.25) is 0 Å². The van der Waals surface area contributed by atoms with E-state index in [4.69, 9.17) is 11.6 Å². The number of benzene rings is 1. The SMILES string of the molecule is C[C@H]1CC[C@H](c2ccc(Cl)c(F)c2)NC1. The van der Waals surface area contributed by atoms with Crippen LogP contribution in [0, 0.1) is 11.7 Å². The molecule has 15 heavy (non-hydrogen) atoms. The van der Waals surface area contributed by atoms with Crippen LogP contribution in [0.15, 0.2) is 18.2 Å². The zero-order chi connectivity index (χ0) is 10.8. The smallest absolute Gasteiger partial charge is 0.142 e. The van der Waals surface area contributed by atoms with Crippen LogP contribution in [0.3, 0.4) is 0 Å². The number of piperidine rings is 1. The Morgan fingerprint density at radius 3 is 2.80 bits per heavy atom. The molecule has 1 saturated heterocycles. The third-order valence-corrected chi connectivity index (χ3v) is 3.31. The molecule has 1 aliphatic heterocycles. The number of rotatable bonds is 1. The van der Waals surface area contributed by atoms with Gasteiger partial charge in [0.25, 0.3) is 0 Å². The van der Waals surface area contributed by atoms with Gasteiger partial charge >= 0.3 is 0 Å². The molecule has 1 aromatic rings. The highest BCUT2D eigenvalue weighted by Crippen LogP contribution is 2.27. The first-order valence-electron chi connectivity index (χ1n) is 5.35. The standard InChI is InChI=1S/C12H15ClFN/c1-8-2-5-12(15-7-8)9-3-4-10(13)11(14)6-9/h3-4,6,8,12,15H,2,5,7H2,1H3/t8-,12+/m0/s1. The van der Waals surface area contributed by atoms with E-state index in [0.29, 0.717) is 0 Å². The number of nitrogens with one attached hydrogen (secondary N) is 1. The molecule has 0 spiro atoms. The summed E-state index contributed by atoms with van der Waals surface area (Å²) in [5.74, 6) is 0.396. The van der Waals surface area contributed by atoms with Gasteiger partial charge in [0, 0.05) is 6.04 Å². The normalized spacial score (nSPS) is 26.6. The predicted octanol–water partition coefficient (Wildman–Crippen LogP) is 3.54. The number of halogens is 2. The average Bonchev–Trinajstić information content (AvgIpc) is 2.23. The van der Waals surface area contributed by atoms with E-state index in [9.17, 15) is 4.39 Å². The Hall–Kier alpha value is -0.600. The Kier molecular flexibility index (Phi) is 3.27. The minimum Gasteiger partial charge on any atom is -0.310 e. The van der Waals surface area contributed by atoms with Crippen LogP contribution in [0.2, 0.25) is 5.02 Å². The summed E-state index contributed by atoms with van der Waals surface area (Å²) >= 11 is 5.65. The number of hydrogen-bond acceptors (Lipinski definition) is 1. The predicted molar refractivity (Wildman–Crippen MR) is 60.6 cm³/mol. The molecular formula is C12H15ClFN. The first-order chi connectivity index (χ1) is 7.16. The molecule has 1 nitrogen and oxygen atoms in total. The van der Waals surface area contributed by atoms with Gasteiger partial charge in [-0.3, -0.25) is 0 Å². The lowest BCUT2D eigenvalue weighted by Crippen LogP contribution is -2.31. The Morgan fingerprint density at radius 2 is 2.20 bits per heavy atom. The molecule has 0 unspecified atom stereocenters. The summed E-state index contributed by atoms with van der Waals surface area (Å²) in [7, 11) is 0. The molecule has 1 heterocycles. The second-order valence-electron chi connectivity index (χ2n) is 4.32. The van der Waals surface area contributed by atoms with Gasteiger partial charge in [-0.1, -0.05) is 24.6 Å². The molecule has 0 radical (unpaired) electrons. The van der Waals surface area contributed by atoms with Crippen molar-refractivity contribution < 1.29 is 4.39 Å². The van der Waals surface area contributed by atoms with Crippen molar-refractivity contribution in [1.82, 2.24) is 5.32 Å². The van der Waals surface area contributed by atoms with E-state index in [1.165, 1.54) is 12.5 Å². The molecule has 0 aromatic heterocycles. The minimum atomic E-state index is -0.324. The first-order valence-corrected chi connectivity index (χ1v) is 5.73. The third-order valence-electron chi connectivity index (χ3n) is 3.01. The van der Waals surface area contributed by atoms with Crippen LogP contribution in [0.25, 0.3) is 0 Å². The zero-order valence-electron chi connectivity index (χ0n) is 8.76. The molecule has 3 heteroatoms. The summed E-state index contributed by atoms with van der Waals surface area (Å²) in [6.45, 7) is 3.24. The molecule has 1 aromatic carbocycles. The van der Waals surface area contributed by atoms with E-state index < -0.39 is 0 Å². The van der Waals surface area contributed by atoms with Crippen molar-refractivity contribution in [3.63, 3.8) is 0 Å². The third kappa shape index (κ3) is 2.50. The van der Waals surface area contributed by atoms with Gasteiger partial charge in [-0.15, -0.1) is 0 Å². The highest BCUT2D eigenvalue weighted by atomic mass is 35.5. The molecule has 1 fully saturated rings. The van der Waals surface area contributed by atoms with Crippen LogP contribution in [-0.2, 0) is 0 Å². The van der Waals surface area contributed by atoms with E-state index in [1.807, 2.05) is 6.07 Å². The highest BCUT2D eigenvalue weighted by Gasteiger charge is 2.19. The van der Waals surface area contributed by atoms with Crippen molar-refractivity contribution >= 4 is 11.6 Å². The lowest BCUT2D eigenvalue weighted by atomic mass is 9.92. The summed E-state index contributed by atoms with van der Waals surface area (Å²) in [4.78, 5) is 0. The maximum atomic E-state index is 13.3. The van der Waals surface area contributed by atoms with E-state index in [2.05, 4.69) is 12.2 Å². The van der Waals surface area contributed by atoms with Gasteiger partial charge < -0.3 is 5.32 Å². The molecule has 2 atom stereocenters. The molecular weight excluding hydrogens is 213 g/mol. The molecule has 82 valence electrons. The lowest BCUT2D eigenvalue weighted by molar-refractivity contribution is 0.332. The Balaban J connectivity index is 2.12. The van der Waals surface area contributed by atoms with Crippen LogP contribution in [0.5, 0.6) is 0 Å². The Morgan fingerprint density at radius 1 is 1.40 bits per heavy atom. The fourth-order valence-electron chi connectivity index (χ4n) is 2.01. The van der Waals surface area contributed by atoms with E-state index >= 15 is 0 Å². The highest BCUT2D eigenvalue weighted by molar-refractivity contribution is 6.30. The Bertz CT molecular complexity index is 345. The second kappa shape index (κ2) is 4.50. The molecule has 1 aliphatic rings. The lowest BCUT2D eigenvalue weighted by Gasteiger charge is -2.28. The van der Waals surface area contributed by atoms with Gasteiger partial charge in [0.1, 0.15) is 5.82 Å². The van der Waals surface area contributed by atoms with Crippen LogP contribution < -0.4 is 5.32 Å². The van der Waals surface area contributed by atoms with Crippen molar-refractivity contribution in [1.29, 1.82) is 0 Å². The van der Waals surface area contributed by atoms with Crippen molar-refractivity contribution in [3.05, 3.63) is 34.6 Å². The number of hydrogen-bond donors (Lipinski definition) is 1. The van der Waals surface area contributed by atoms with Crippen molar-refractivity contribution in [2.45, 2.75) is 25.8 Å². The van der Waals surface area contributed by atoms with Gasteiger partial charge in [0.15, 0.2) is 0 Å². The summed E-state index contributed by atoms with van der Waals surface area (Å²) in [5.41, 5.74) is 1.00. The van der Waals surface area contributed by atoms with Crippen molar-refractivity contribution in [2.24, 2.45) is 5.92 Å². The van der Waals surface area contributed by atoms with Crippen LogP contribution in [0.4, 0.5) is 4.39 Å². The van der Waals surface area contributed by atoms with Gasteiger partial charge in [-0.05, 0) is 43.0 Å². The van der Waals surface area contributed by atoms with Gasteiger partial charge in [-0.2, -0.15) is 0 Å². The first kappa shape index (κ1) is 10.9. The van der Waals surface area contributed by atoms with E-state index in [1.54, 1.807) is 6.07 Å². The average molecular weight is 228 g/mol. The summed E-state index contributed by atoms with van der Waals surface area (Å²) in [5, 5.41) is 3.62. The van der Waals surface area contributed by atoms with Crippen molar-refractivity contribution in [3.8, 4) is 0 Å². The molecule has 0 bridgehead atoms. The van der Waals surface area contributed by atoms with E-state index in [-0.39, 0.29) is 16.9 Å².